The fourth-order valence-corrected chi connectivity index (χ4v) is 2.97. The zero-order valence-corrected chi connectivity index (χ0v) is 12.1. The zero-order valence-electron chi connectivity index (χ0n) is 9.17. The lowest BCUT2D eigenvalue weighted by Gasteiger charge is -2.09. The molecule has 0 aliphatic heterocycles. The summed E-state index contributed by atoms with van der Waals surface area (Å²) in [5.41, 5.74) is -0.466. The summed E-state index contributed by atoms with van der Waals surface area (Å²) in [4.78, 5) is 4.27. The van der Waals surface area contributed by atoms with Gasteiger partial charge in [-0.05, 0) is 18.2 Å². The third-order valence-corrected chi connectivity index (χ3v) is 5.56. The third kappa shape index (κ3) is 2.60. The maximum Gasteiger partial charge on any atom is 0.449 e. The quantitative estimate of drug-likeness (QED) is 0.456. The van der Waals surface area contributed by atoms with Crippen molar-refractivity contribution in [2.24, 2.45) is 0 Å². The summed E-state index contributed by atoms with van der Waals surface area (Å²) in [5.74, 6) is -1.33. The molecule has 1 N–H and O–H groups in total. The van der Waals surface area contributed by atoms with E-state index in [2.05, 4.69) is 4.98 Å². The summed E-state index contributed by atoms with van der Waals surface area (Å²) in [6, 6.07) is 2.40. The first-order valence-corrected chi connectivity index (χ1v) is 7.37. The van der Waals surface area contributed by atoms with E-state index in [1.165, 1.54) is 0 Å². The number of hydrogen-bond acceptors (Lipinski definition) is 3. The monoisotopic (exact) mass is 426 g/mol. The second-order valence-corrected chi connectivity index (χ2v) is 7.79. The molecule has 0 aliphatic carbocycles. The molecular weight excluding hydrogens is 422 g/mol. The fourth-order valence-electron chi connectivity index (χ4n) is 1.42. The summed E-state index contributed by atoms with van der Waals surface area (Å²) in [6.45, 7) is 0. The van der Waals surface area contributed by atoms with Gasteiger partial charge in [-0.3, -0.25) is 0 Å². The number of nitrogens with one attached hydrogen (secondary N) is 1. The molecule has 0 spiro atoms. The van der Waals surface area contributed by atoms with Crippen molar-refractivity contribution in [2.75, 3.05) is 0 Å². The van der Waals surface area contributed by atoms with Crippen LogP contribution in [0.1, 0.15) is 5.82 Å². The Morgan fingerprint density at radius 2 is 1.75 bits per heavy atom. The van der Waals surface area contributed by atoms with Crippen molar-refractivity contribution < 1.29 is 30.4 Å². The molecule has 11 heteroatoms. The number of imidazole rings is 1. The van der Waals surface area contributed by atoms with E-state index in [1.807, 2.05) is 4.98 Å². The predicted octanol–water partition coefficient (Wildman–Crippen LogP) is 3.34. The lowest BCUT2D eigenvalue weighted by Crippen LogP contribution is -2.21. The molecule has 0 saturated carbocycles. The van der Waals surface area contributed by atoms with Crippen molar-refractivity contribution in [1.29, 1.82) is 0 Å². The van der Waals surface area contributed by atoms with Crippen LogP contribution in [0.15, 0.2) is 23.1 Å². The minimum atomic E-state index is -4.97. The van der Waals surface area contributed by atoms with Gasteiger partial charge in [-0.1, -0.05) is 0 Å². The van der Waals surface area contributed by atoms with Gasteiger partial charge >= 0.3 is 9.44 Å². The first kappa shape index (κ1) is 15.4. The molecule has 0 bridgehead atoms. The molecule has 0 fully saturated rings. The zero-order chi connectivity index (χ0) is 15.3. The lowest BCUT2D eigenvalue weighted by atomic mass is 10.3. The van der Waals surface area contributed by atoms with Crippen molar-refractivity contribution >= 4 is 43.5 Å². The number of fused-ring (bicyclic) bond motifs is 1. The van der Waals surface area contributed by atoms with Crippen LogP contribution in [0.3, 0.4) is 0 Å². The SMILES string of the molecule is O=S(=O)(c1ccc2nc(C(F)(F)F)[nH]c2c1)C(F)(F)I. The molecule has 0 unspecified atom stereocenters. The highest BCUT2D eigenvalue weighted by Crippen LogP contribution is 2.36. The van der Waals surface area contributed by atoms with Crippen LogP contribution in [0.25, 0.3) is 11.0 Å². The third-order valence-electron chi connectivity index (χ3n) is 2.34. The molecule has 1 heterocycles. The maximum atomic E-state index is 13.0. The van der Waals surface area contributed by atoms with Gasteiger partial charge in [0.05, 0.1) is 15.9 Å². The second kappa shape index (κ2) is 4.51. The number of rotatable bonds is 2. The highest BCUT2D eigenvalue weighted by Gasteiger charge is 2.43. The van der Waals surface area contributed by atoms with E-state index in [-0.39, 0.29) is 11.0 Å². The molecule has 20 heavy (non-hydrogen) atoms. The van der Waals surface area contributed by atoms with Crippen molar-refractivity contribution in [2.45, 2.75) is 14.3 Å². The summed E-state index contributed by atoms with van der Waals surface area (Å²) in [6.07, 6.45) is -4.74. The normalized spacial score (nSPS) is 13.9. The minimum Gasteiger partial charge on any atom is -0.334 e. The number of hydrogen-bond donors (Lipinski definition) is 1. The molecule has 110 valence electrons. The second-order valence-electron chi connectivity index (χ2n) is 3.71. The van der Waals surface area contributed by atoms with Crippen molar-refractivity contribution in [3.05, 3.63) is 24.0 Å². The van der Waals surface area contributed by atoms with Crippen molar-refractivity contribution in [1.82, 2.24) is 9.97 Å². The van der Waals surface area contributed by atoms with Crippen molar-refractivity contribution in [3.63, 3.8) is 0 Å². The molecule has 1 aromatic carbocycles. The summed E-state index contributed by atoms with van der Waals surface area (Å²) >= 11 is 0.438. The molecule has 0 saturated heterocycles. The Balaban J connectivity index is 2.61. The fraction of sp³-hybridized carbons (Fsp3) is 0.222. The molecule has 1 aromatic heterocycles. The number of sulfone groups is 1. The van der Waals surface area contributed by atoms with Gasteiger partial charge in [-0.15, -0.1) is 0 Å². The molecular formula is C9H4F5IN2O2S. The average molecular weight is 426 g/mol. The molecule has 0 atom stereocenters. The van der Waals surface area contributed by atoms with E-state index in [0.717, 1.165) is 12.1 Å². The molecule has 0 aliphatic rings. The van der Waals surface area contributed by atoms with E-state index in [4.69, 9.17) is 0 Å². The largest absolute Gasteiger partial charge is 0.449 e. The standard InChI is InChI=1S/C9H4F5IN2O2S/c10-8(11,12)7-16-5-2-1-4(3-6(5)17-7)20(18,19)9(13,14)15/h1-3H,(H,16,17). The van der Waals surface area contributed by atoms with Gasteiger partial charge in [0.1, 0.15) is 0 Å². The first-order chi connectivity index (χ1) is 8.93. The Morgan fingerprint density at radius 1 is 1.15 bits per heavy atom. The van der Waals surface area contributed by atoms with E-state index >= 15 is 0 Å². The lowest BCUT2D eigenvalue weighted by molar-refractivity contribution is -0.144. The van der Waals surface area contributed by atoms with Gasteiger partial charge in [0.15, 0.2) is 0 Å². The van der Waals surface area contributed by atoms with Crippen LogP contribution in [0.2, 0.25) is 0 Å². The number of aromatic amines is 1. The topological polar surface area (TPSA) is 62.8 Å². The molecule has 2 aromatic rings. The Hall–Kier alpha value is -0.980. The molecule has 0 amide bonds. The van der Waals surface area contributed by atoms with Gasteiger partial charge in [0, 0.05) is 22.6 Å². The van der Waals surface area contributed by atoms with Gasteiger partial charge in [0.25, 0.3) is 9.84 Å². The first-order valence-electron chi connectivity index (χ1n) is 4.81. The maximum absolute atomic E-state index is 13.0. The van der Waals surface area contributed by atoms with Crippen LogP contribution < -0.4 is 0 Å². The molecule has 2 rings (SSSR count). The van der Waals surface area contributed by atoms with Crippen LogP contribution in [-0.4, -0.2) is 21.6 Å². The van der Waals surface area contributed by atoms with Crippen LogP contribution >= 0.6 is 22.6 Å². The summed E-state index contributed by atoms with van der Waals surface area (Å²) in [5, 5.41) is 0. The Morgan fingerprint density at radius 3 is 2.25 bits per heavy atom. The number of alkyl halides is 6. The minimum absolute atomic E-state index is 0.173. The van der Waals surface area contributed by atoms with Crippen LogP contribution in [0.5, 0.6) is 0 Å². The van der Waals surface area contributed by atoms with E-state index < -0.39 is 30.0 Å². The summed E-state index contributed by atoms with van der Waals surface area (Å²) in [7, 11) is -4.97. The Labute approximate surface area is 122 Å². The van der Waals surface area contributed by atoms with Gasteiger partial charge in [0.2, 0.25) is 5.82 Å². The number of H-pyrrole nitrogens is 1. The number of halogens is 6. The number of benzene rings is 1. The Kier molecular flexibility index (Phi) is 3.48. The molecule has 0 radical (unpaired) electrons. The van der Waals surface area contributed by atoms with Crippen molar-refractivity contribution in [3.8, 4) is 0 Å². The number of nitrogens with zero attached hydrogens (tertiary/aromatic N) is 1. The highest BCUT2D eigenvalue weighted by molar-refractivity contribution is 14.1. The predicted molar refractivity (Wildman–Crippen MR) is 67.2 cm³/mol. The van der Waals surface area contributed by atoms with E-state index in [0.29, 0.717) is 28.7 Å². The van der Waals surface area contributed by atoms with Crippen LogP contribution in [0.4, 0.5) is 22.0 Å². The average Bonchev–Trinajstić information content (AvgIpc) is 2.69. The van der Waals surface area contributed by atoms with Gasteiger partial charge in [-0.25, -0.2) is 13.4 Å². The number of aromatic nitrogens is 2. The van der Waals surface area contributed by atoms with Crippen LogP contribution in [0, 0.1) is 0 Å². The molecule has 4 nitrogen and oxygen atoms in total. The van der Waals surface area contributed by atoms with Crippen LogP contribution in [-0.2, 0) is 16.0 Å². The highest BCUT2D eigenvalue weighted by atomic mass is 127. The van der Waals surface area contributed by atoms with E-state index in [1.54, 1.807) is 0 Å². The Bertz CT molecular complexity index is 763. The summed E-state index contributed by atoms with van der Waals surface area (Å²) < 4.78 is 82.1. The van der Waals surface area contributed by atoms with Gasteiger partial charge in [-0.2, -0.15) is 22.0 Å². The van der Waals surface area contributed by atoms with E-state index in [9.17, 15) is 30.4 Å². The smallest absolute Gasteiger partial charge is 0.334 e. The van der Waals surface area contributed by atoms with Gasteiger partial charge < -0.3 is 4.98 Å².